The lowest BCUT2D eigenvalue weighted by Crippen LogP contribution is -2.29. The summed E-state index contributed by atoms with van der Waals surface area (Å²) in [5, 5.41) is 11.6. The van der Waals surface area contributed by atoms with Crippen LogP contribution in [0.3, 0.4) is 0 Å². The average molecular weight is 491 g/mol. The van der Waals surface area contributed by atoms with Gasteiger partial charge in [0.05, 0.1) is 24.4 Å². The normalized spacial score (nSPS) is 17.2. The summed E-state index contributed by atoms with van der Waals surface area (Å²) in [4.78, 5) is 44.8. The van der Waals surface area contributed by atoms with Crippen LogP contribution in [0.15, 0.2) is 48.0 Å². The summed E-state index contributed by atoms with van der Waals surface area (Å²) in [6.07, 6.45) is 0.830. The predicted octanol–water partition coefficient (Wildman–Crippen LogP) is 5.04. The minimum Gasteiger partial charge on any atom is -0.507 e. The maximum absolute atomic E-state index is 13.4. The van der Waals surface area contributed by atoms with E-state index in [9.17, 15) is 19.5 Å². The summed E-state index contributed by atoms with van der Waals surface area (Å²) in [5.41, 5.74) is 4.31. The number of anilines is 1. The van der Waals surface area contributed by atoms with Crippen LogP contribution in [-0.4, -0.2) is 34.9 Å². The van der Waals surface area contributed by atoms with Crippen molar-refractivity contribution in [2.24, 2.45) is 0 Å². The monoisotopic (exact) mass is 490 g/mol. The number of methoxy groups -OCH3 is 1. The molecule has 1 fully saturated rings. The number of aliphatic hydroxyl groups is 1. The number of thiazole rings is 1. The molecule has 35 heavy (non-hydrogen) atoms. The summed E-state index contributed by atoms with van der Waals surface area (Å²) >= 11 is 0.979. The standard InChI is InChI=1S/C27H26N2O5S/c1-6-17-9-11-18(12-10-17)21-20(22(30)19-13-14(2)7-8-15(19)3)23(31)25(32)29(21)27-28-16(4)24(35-27)26(33)34-5/h7-13,21,30H,6H2,1-5H3/b22-20+. The van der Waals surface area contributed by atoms with Crippen LogP contribution in [0.25, 0.3) is 5.76 Å². The lowest BCUT2D eigenvalue weighted by atomic mass is 9.93. The Balaban J connectivity index is 1.96. The van der Waals surface area contributed by atoms with Gasteiger partial charge in [0.15, 0.2) is 5.13 Å². The van der Waals surface area contributed by atoms with Crippen molar-refractivity contribution in [3.05, 3.63) is 86.4 Å². The maximum atomic E-state index is 13.4. The summed E-state index contributed by atoms with van der Waals surface area (Å²) in [5.74, 6) is -2.42. The Labute approximate surface area is 207 Å². The molecule has 1 N–H and O–H groups in total. The lowest BCUT2D eigenvalue weighted by Gasteiger charge is -2.23. The van der Waals surface area contributed by atoms with Gasteiger partial charge in [0, 0.05) is 5.56 Å². The number of rotatable bonds is 5. The van der Waals surface area contributed by atoms with Crippen LogP contribution in [0.2, 0.25) is 0 Å². The van der Waals surface area contributed by atoms with Crippen molar-refractivity contribution in [3.63, 3.8) is 0 Å². The second-order valence-electron chi connectivity index (χ2n) is 8.49. The number of aryl methyl sites for hydroxylation is 4. The molecule has 0 saturated carbocycles. The van der Waals surface area contributed by atoms with Crippen LogP contribution in [-0.2, 0) is 20.7 Å². The maximum Gasteiger partial charge on any atom is 0.350 e. The van der Waals surface area contributed by atoms with Gasteiger partial charge >= 0.3 is 11.9 Å². The number of esters is 1. The second-order valence-corrected chi connectivity index (χ2v) is 9.46. The Morgan fingerprint density at radius 1 is 1.11 bits per heavy atom. The number of amides is 1. The minimum atomic E-state index is -0.906. The van der Waals surface area contributed by atoms with Crippen LogP contribution in [0.4, 0.5) is 5.13 Å². The van der Waals surface area contributed by atoms with Gasteiger partial charge in [0.25, 0.3) is 5.78 Å². The van der Waals surface area contributed by atoms with E-state index in [-0.39, 0.29) is 21.3 Å². The molecule has 1 aliphatic rings. The summed E-state index contributed by atoms with van der Waals surface area (Å²) in [6, 6.07) is 12.2. The zero-order valence-electron chi connectivity index (χ0n) is 20.2. The molecule has 3 aromatic rings. The second kappa shape index (κ2) is 9.46. The lowest BCUT2D eigenvalue weighted by molar-refractivity contribution is -0.132. The van der Waals surface area contributed by atoms with Gasteiger partial charge in [-0.1, -0.05) is 60.2 Å². The van der Waals surface area contributed by atoms with Gasteiger partial charge in [0.1, 0.15) is 10.6 Å². The molecule has 1 aromatic heterocycles. The van der Waals surface area contributed by atoms with Crippen LogP contribution in [0, 0.1) is 20.8 Å². The molecular formula is C27H26N2O5S. The van der Waals surface area contributed by atoms with Crippen LogP contribution < -0.4 is 4.90 Å². The molecule has 2 aromatic carbocycles. The molecule has 1 atom stereocenters. The highest BCUT2D eigenvalue weighted by Crippen LogP contribution is 2.44. The van der Waals surface area contributed by atoms with Crippen molar-refractivity contribution >= 4 is 39.9 Å². The Kier molecular flexibility index (Phi) is 6.58. The van der Waals surface area contributed by atoms with Crippen molar-refractivity contribution in [2.75, 3.05) is 12.0 Å². The Morgan fingerprint density at radius 3 is 2.43 bits per heavy atom. The van der Waals surface area contributed by atoms with Gasteiger partial charge in [-0.2, -0.15) is 0 Å². The number of benzene rings is 2. The Hall–Kier alpha value is -3.78. The number of ketones is 1. The van der Waals surface area contributed by atoms with E-state index in [1.807, 2.05) is 57.2 Å². The fourth-order valence-corrected chi connectivity index (χ4v) is 5.20. The van der Waals surface area contributed by atoms with E-state index in [4.69, 9.17) is 4.74 Å². The molecule has 2 heterocycles. The van der Waals surface area contributed by atoms with E-state index in [1.54, 1.807) is 13.0 Å². The van der Waals surface area contributed by atoms with Gasteiger partial charge in [-0.25, -0.2) is 9.78 Å². The van der Waals surface area contributed by atoms with Gasteiger partial charge < -0.3 is 9.84 Å². The summed E-state index contributed by atoms with van der Waals surface area (Å²) in [7, 11) is 1.27. The smallest absolute Gasteiger partial charge is 0.350 e. The molecule has 180 valence electrons. The number of ether oxygens (including phenoxy) is 1. The van der Waals surface area contributed by atoms with E-state index >= 15 is 0 Å². The molecule has 0 spiro atoms. The van der Waals surface area contributed by atoms with Crippen LogP contribution in [0.5, 0.6) is 0 Å². The zero-order chi connectivity index (χ0) is 25.4. The highest BCUT2D eigenvalue weighted by atomic mass is 32.1. The van der Waals surface area contributed by atoms with Gasteiger partial charge in [-0.15, -0.1) is 0 Å². The first-order valence-electron chi connectivity index (χ1n) is 11.2. The topological polar surface area (TPSA) is 96.8 Å². The minimum absolute atomic E-state index is 0.0135. The quantitative estimate of drug-likeness (QED) is 0.233. The molecule has 0 aliphatic carbocycles. The fraction of sp³-hybridized carbons (Fsp3) is 0.259. The van der Waals surface area contributed by atoms with E-state index < -0.39 is 23.7 Å². The Bertz CT molecular complexity index is 1370. The predicted molar refractivity (Wildman–Crippen MR) is 135 cm³/mol. The molecule has 4 rings (SSSR count). The third kappa shape index (κ3) is 4.25. The molecule has 0 radical (unpaired) electrons. The van der Waals surface area contributed by atoms with Crippen molar-refractivity contribution < 1.29 is 24.2 Å². The molecule has 8 heteroatoms. The van der Waals surface area contributed by atoms with E-state index in [0.717, 1.165) is 34.4 Å². The average Bonchev–Trinajstić information content (AvgIpc) is 3.36. The molecule has 0 bridgehead atoms. The highest BCUT2D eigenvalue weighted by molar-refractivity contribution is 7.17. The number of carbonyl (C=O) groups is 3. The van der Waals surface area contributed by atoms with Crippen molar-refractivity contribution in [2.45, 2.75) is 40.2 Å². The molecule has 7 nitrogen and oxygen atoms in total. The third-order valence-corrected chi connectivity index (χ3v) is 7.30. The fourth-order valence-electron chi connectivity index (χ4n) is 4.18. The van der Waals surface area contributed by atoms with Crippen molar-refractivity contribution in [3.8, 4) is 0 Å². The highest BCUT2D eigenvalue weighted by Gasteiger charge is 2.48. The largest absolute Gasteiger partial charge is 0.507 e. The molecule has 1 amide bonds. The van der Waals surface area contributed by atoms with Crippen LogP contribution >= 0.6 is 11.3 Å². The number of hydrogen-bond donors (Lipinski definition) is 1. The number of nitrogens with zero attached hydrogens (tertiary/aromatic N) is 2. The van der Waals surface area contributed by atoms with Gasteiger partial charge in [0.2, 0.25) is 0 Å². The third-order valence-electron chi connectivity index (χ3n) is 6.16. The summed E-state index contributed by atoms with van der Waals surface area (Å²) < 4.78 is 4.83. The van der Waals surface area contributed by atoms with Gasteiger partial charge in [-0.05, 0) is 49.9 Å². The van der Waals surface area contributed by atoms with E-state index in [1.165, 1.54) is 12.0 Å². The number of Topliss-reactive ketones (excluding diaryl/α,β-unsaturated/α-hetero) is 1. The number of hydrogen-bond acceptors (Lipinski definition) is 7. The molecule has 1 saturated heterocycles. The first kappa shape index (κ1) is 24.3. The van der Waals surface area contributed by atoms with E-state index in [2.05, 4.69) is 4.98 Å². The van der Waals surface area contributed by atoms with Crippen LogP contribution in [0.1, 0.15) is 56.1 Å². The number of aromatic nitrogens is 1. The molecule has 1 unspecified atom stereocenters. The SMILES string of the molecule is CCc1ccc(C2/C(=C(\O)c3cc(C)ccc3C)C(=O)C(=O)N2c2nc(C)c(C(=O)OC)s2)cc1. The first-order chi connectivity index (χ1) is 16.7. The van der Waals surface area contributed by atoms with Crippen molar-refractivity contribution in [1.29, 1.82) is 0 Å². The van der Waals surface area contributed by atoms with E-state index in [0.29, 0.717) is 16.8 Å². The number of carbonyl (C=O) groups excluding carboxylic acids is 3. The first-order valence-corrected chi connectivity index (χ1v) is 12.0. The number of aliphatic hydroxyl groups excluding tert-OH is 1. The molecule has 1 aliphatic heterocycles. The van der Waals surface area contributed by atoms with Gasteiger partial charge in [-0.3, -0.25) is 14.5 Å². The Morgan fingerprint density at radius 2 is 1.80 bits per heavy atom. The molecular weight excluding hydrogens is 464 g/mol. The van der Waals surface area contributed by atoms with Crippen molar-refractivity contribution in [1.82, 2.24) is 4.98 Å². The summed E-state index contributed by atoms with van der Waals surface area (Å²) in [6.45, 7) is 7.41. The zero-order valence-corrected chi connectivity index (χ0v) is 21.0.